The Labute approximate surface area is 122 Å². The Balaban J connectivity index is 2.18. The van der Waals surface area contributed by atoms with Crippen molar-refractivity contribution < 1.29 is 19.1 Å². The quantitative estimate of drug-likeness (QED) is 0.916. The van der Waals surface area contributed by atoms with Gasteiger partial charge in [0.15, 0.2) is 0 Å². The standard InChI is InChI=1S/C16H17NO4/c1-11-8-13(10-21-11)15(18)17(2)14(16(19)20)9-12-6-4-3-5-7-12/h3-8,10,14H,9H2,1-2H3,(H,19,20). The third-order valence-electron chi connectivity index (χ3n) is 3.32. The molecule has 0 spiro atoms. The average Bonchev–Trinajstić information content (AvgIpc) is 2.90. The summed E-state index contributed by atoms with van der Waals surface area (Å²) < 4.78 is 5.10. The van der Waals surface area contributed by atoms with Crippen LogP contribution in [0.15, 0.2) is 47.1 Å². The Hall–Kier alpha value is -2.56. The van der Waals surface area contributed by atoms with Crippen molar-refractivity contribution in [1.29, 1.82) is 0 Å². The van der Waals surface area contributed by atoms with Crippen molar-refractivity contribution in [2.24, 2.45) is 0 Å². The first kappa shape index (κ1) is 14.8. The van der Waals surface area contributed by atoms with E-state index in [2.05, 4.69) is 0 Å². The van der Waals surface area contributed by atoms with Crippen molar-refractivity contribution in [2.45, 2.75) is 19.4 Å². The number of likely N-dealkylation sites (N-methyl/N-ethyl adjacent to an activating group) is 1. The number of benzene rings is 1. The molecule has 1 unspecified atom stereocenters. The molecule has 1 aromatic heterocycles. The third-order valence-corrected chi connectivity index (χ3v) is 3.32. The number of hydrogen-bond acceptors (Lipinski definition) is 3. The van der Waals surface area contributed by atoms with Crippen LogP contribution in [-0.4, -0.2) is 35.0 Å². The summed E-state index contributed by atoms with van der Waals surface area (Å²) in [6.07, 6.45) is 1.60. The molecular formula is C16H17NO4. The van der Waals surface area contributed by atoms with Gasteiger partial charge in [0, 0.05) is 13.5 Å². The molecule has 2 aromatic rings. The number of nitrogens with zero attached hydrogens (tertiary/aromatic N) is 1. The molecule has 0 aliphatic carbocycles. The third kappa shape index (κ3) is 3.51. The topological polar surface area (TPSA) is 70.8 Å². The van der Waals surface area contributed by atoms with Crippen LogP contribution in [0.4, 0.5) is 0 Å². The first-order chi connectivity index (χ1) is 9.99. The minimum Gasteiger partial charge on any atom is -0.480 e. The molecule has 1 atom stereocenters. The van der Waals surface area contributed by atoms with Gasteiger partial charge in [-0.3, -0.25) is 4.79 Å². The molecule has 5 heteroatoms. The van der Waals surface area contributed by atoms with Gasteiger partial charge >= 0.3 is 5.97 Å². The minimum absolute atomic E-state index is 0.259. The van der Waals surface area contributed by atoms with E-state index in [1.54, 1.807) is 13.0 Å². The smallest absolute Gasteiger partial charge is 0.326 e. The minimum atomic E-state index is -1.03. The van der Waals surface area contributed by atoms with E-state index in [1.165, 1.54) is 18.2 Å². The maximum Gasteiger partial charge on any atom is 0.326 e. The first-order valence-electron chi connectivity index (χ1n) is 6.58. The number of carbonyl (C=O) groups is 2. The highest BCUT2D eigenvalue weighted by atomic mass is 16.4. The molecule has 1 N–H and O–H groups in total. The zero-order valence-electron chi connectivity index (χ0n) is 11.9. The van der Waals surface area contributed by atoms with E-state index < -0.39 is 12.0 Å². The molecule has 1 heterocycles. The molecule has 1 amide bonds. The zero-order chi connectivity index (χ0) is 15.4. The number of rotatable bonds is 5. The lowest BCUT2D eigenvalue weighted by Gasteiger charge is -2.24. The molecule has 1 aromatic carbocycles. The predicted octanol–water partition coefficient (Wildman–Crippen LogP) is 2.36. The number of aliphatic carboxylic acids is 1. The number of hydrogen-bond donors (Lipinski definition) is 1. The Morgan fingerprint density at radius 2 is 1.95 bits per heavy atom. The molecule has 0 radical (unpaired) electrons. The number of carboxylic acids is 1. The van der Waals surface area contributed by atoms with Gasteiger partial charge in [-0.05, 0) is 18.6 Å². The van der Waals surface area contributed by atoms with Crippen LogP contribution in [0.25, 0.3) is 0 Å². The van der Waals surface area contributed by atoms with Crippen molar-refractivity contribution in [3.8, 4) is 0 Å². The Morgan fingerprint density at radius 1 is 1.29 bits per heavy atom. The van der Waals surface area contributed by atoms with Gasteiger partial charge in [-0.25, -0.2) is 4.79 Å². The fraction of sp³-hybridized carbons (Fsp3) is 0.250. The molecule has 2 rings (SSSR count). The van der Waals surface area contributed by atoms with Crippen LogP contribution in [0.1, 0.15) is 21.7 Å². The SMILES string of the molecule is Cc1cc(C(=O)N(C)C(Cc2ccccc2)C(=O)O)co1. The van der Waals surface area contributed by atoms with Crippen LogP contribution in [-0.2, 0) is 11.2 Å². The van der Waals surface area contributed by atoms with Crippen molar-refractivity contribution in [2.75, 3.05) is 7.05 Å². The maximum absolute atomic E-state index is 12.3. The molecular weight excluding hydrogens is 270 g/mol. The lowest BCUT2D eigenvalue weighted by atomic mass is 10.0. The van der Waals surface area contributed by atoms with E-state index in [0.29, 0.717) is 11.3 Å². The van der Waals surface area contributed by atoms with E-state index in [1.807, 2.05) is 30.3 Å². The lowest BCUT2D eigenvalue weighted by Crippen LogP contribution is -2.43. The molecule has 0 fully saturated rings. The molecule has 5 nitrogen and oxygen atoms in total. The fourth-order valence-electron chi connectivity index (χ4n) is 2.13. The van der Waals surface area contributed by atoms with Gasteiger partial charge in [0.25, 0.3) is 5.91 Å². The fourth-order valence-corrected chi connectivity index (χ4v) is 2.13. The lowest BCUT2D eigenvalue weighted by molar-refractivity contribution is -0.141. The van der Waals surface area contributed by atoms with Gasteiger partial charge in [-0.1, -0.05) is 30.3 Å². The van der Waals surface area contributed by atoms with Gasteiger partial charge in [0.2, 0.25) is 0 Å². The number of furan rings is 1. The van der Waals surface area contributed by atoms with E-state index in [9.17, 15) is 14.7 Å². The van der Waals surface area contributed by atoms with Gasteiger partial charge in [0.1, 0.15) is 18.1 Å². The highest BCUT2D eigenvalue weighted by molar-refractivity contribution is 5.96. The van der Waals surface area contributed by atoms with Gasteiger partial charge in [0.05, 0.1) is 5.56 Å². The molecule has 0 saturated heterocycles. The van der Waals surface area contributed by atoms with Crippen molar-refractivity contribution in [1.82, 2.24) is 4.90 Å². The van der Waals surface area contributed by atoms with E-state index in [-0.39, 0.29) is 12.3 Å². The molecule has 0 aliphatic rings. The molecule has 0 bridgehead atoms. The second-order valence-electron chi connectivity index (χ2n) is 4.91. The predicted molar refractivity (Wildman–Crippen MR) is 77.1 cm³/mol. The van der Waals surface area contributed by atoms with E-state index in [0.717, 1.165) is 5.56 Å². The summed E-state index contributed by atoms with van der Waals surface area (Å²) in [7, 11) is 1.49. The summed E-state index contributed by atoms with van der Waals surface area (Å²) in [5.41, 5.74) is 1.22. The van der Waals surface area contributed by atoms with Crippen molar-refractivity contribution >= 4 is 11.9 Å². The zero-order valence-corrected chi connectivity index (χ0v) is 11.9. The summed E-state index contributed by atoms with van der Waals surface area (Å²) in [5, 5.41) is 9.39. The number of aryl methyl sites for hydroxylation is 1. The van der Waals surface area contributed by atoms with Crippen LogP contribution in [0.5, 0.6) is 0 Å². The maximum atomic E-state index is 12.3. The van der Waals surface area contributed by atoms with Gasteiger partial charge in [-0.15, -0.1) is 0 Å². The Morgan fingerprint density at radius 3 is 2.48 bits per heavy atom. The van der Waals surface area contributed by atoms with Crippen LogP contribution in [0, 0.1) is 6.92 Å². The number of carboxylic acid groups (broad SMARTS) is 1. The summed E-state index contributed by atoms with van der Waals surface area (Å²) in [6.45, 7) is 1.73. The Kier molecular flexibility index (Phi) is 4.42. The van der Waals surface area contributed by atoms with Gasteiger partial charge < -0.3 is 14.4 Å². The molecule has 21 heavy (non-hydrogen) atoms. The molecule has 0 aliphatic heterocycles. The normalized spacial score (nSPS) is 11.9. The first-order valence-corrected chi connectivity index (χ1v) is 6.58. The number of carbonyl (C=O) groups excluding carboxylic acids is 1. The van der Waals surface area contributed by atoms with E-state index >= 15 is 0 Å². The van der Waals surface area contributed by atoms with Crippen LogP contribution in [0.3, 0.4) is 0 Å². The monoisotopic (exact) mass is 287 g/mol. The van der Waals surface area contributed by atoms with Gasteiger partial charge in [-0.2, -0.15) is 0 Å². The second-order valence-corrected chi connectivity index (χ2v) is 4.91. The van der Waals surface area contributed by atoms with Crippen LogP contribution < -0.4 is 0 Å². The largest absolute Gasteiger partial charge is 0.480 e. The molecule has 0 saturated carbocycles. The highest BCUT2D eigenvalue weighted by Crippen LogP contribution is 2.14. The van der Waals surface area contributed by atoms with Crippen molar-refractivity contribution in [3.05, 3.63) is 59.5 Å². The highest BCUT2D eigenvalue weighted by Gasteiger charge is 2.28. The van der Waals surface area contributed by atoms with E-state index in [4.69, 9.17) is 4.42 Å². The average molecular weight is 287 g/mol. The van der Waals surface area contributed by atoms with Crippen LogP contribution >= 0.6 is 0 Å². The second kappa shape index (κ2) is 6.26. The summed E-state index contributed by atoms with van der Waals surface area (Å²) >= 11 is 0. The summed E-state index contributed by atoms with van der Waals surface area (Å²) in [5.74, 6) is -0.785. The summed E-state index contributed by atoms with van der Waals surface area (Å²) in [4.78, 5) is 25.0. The number of amides is 1. The van der Waals surface area contributed by atoms with Crippen molar-refractivity contribution in [3.63, 3.8) is 0 Å². The van der Waals surface area contributed by atoms with Crippen LogP contribution in [0.2, 0.25) is 0 Å². The summed E-state index contributed by atoms with van der Waals surface area (Å²) in [6, 6.07) is 9.91. The molecule has 110 valence electrons. The Bertz CT molecular complexity index is 633.